The monoisotopic (exact) mass is 330 g/mol. The topological polar surface area (TPSA) is 62.1 Å². The van der Waals surface area contributed by atoms with Gasteiger partial charge in [0.15, 0.2) is 6.61 Å². The molecule has 1 N–H and O–H groups in total. The Balaban J connectivity index is 1.62. The van der Waals surface area contributed by atoms with Gasteiger partial charge in [-0.15, -0.1) is 0 Å². The smallest absolute Gasteiger partial charge is 0.258 e. The number of nitrogens with one attached hydrogen (secondary N) is 1. The summed E-state index contributed by atoms with van der Waals surface area (Å²) in [4.78, 5) is 12.1. The number of hydrogen-bond acceptors (Lipinski definition) is 3. The third kappa shape index (κ3) is 3.96. The minimum absolute atomic E-state index is 0.128. The Morgan fingerprint density at radius 3 is 2.60 bits per heavy atom. The molecule has 124 valence electrons. The van der Waals surface area contributed by atoms with Crippen LogP contribution in [0.4, 0.5) is 0 Å². The number of hydrogen-bond donors (Lipinski definition) is 1. The second kappa shape index (κ2) is 7.50. The van der Waals surface area contributed by atoms with Crippen LogP contribution in [0.1, 0.15) is 24.1 Å². The first kappa shape index (κ1) is 16.5. The van der Waals surface area contributed by atoms with Crippen molar-refractivity contribution in [2.75, 3.05) is 6.61 Å². The second-order valence-corrected chi connectivity index (χ2v) is 5.79. The van der Waals surface area contributed by atoms with E-state index in [1.807, 2.05) is 37.3 Å². The summed E-state index contributed by atoms with van der Waals surface area (Å²) in [6.45, 7) is 1.81. The number of nitrogens with zero attached hydrogens (tertiary/aromatic N) is 1. The van der Waals surface area contributed by atoms with E-state index in [4.69, 9.17) is 10.00 Å². The van der Waals surface area contributed by atoms with Crippen molar-refractivity contribution in [2.45, 2.75) is 13.0 Å². The minimum atomic E-state index is -0.228. The van der Waals surface area contributed by atoms with Crippen LogP contribution in [0.5, 0.6) is 5.75 Å². The number of nitriles is 1. The zero-order chi connectivity index (χ0) is 17.6. The molecule has 1 atom stereocenters. The molecular formula is C21H18N2O2. The number of ether oxygens (including phenoxy) is 1. The van der Waals surface area contributed by atoms with Crippen molar-refractivity contribution in [2.24, 2.45) is 0 Å². The van der Waals surface area contributed by atoms with Gasteiger partial charge in [0.05, 0.1) is 11.6 Å². The van der Waals surface area contributed by atoms with Gasteiger partial charge in [-0.05, 0) is 41.5 Å². The lowest BCUT2D eigenvalue weighted by Gasteiger charge is -2.15. The van der Waals surface area contributed by atoms with Crippen LogP contribution in [0.2, 0.25) is 0 Å². The van der Waals surface area contributed by atoms with E-state index in [2.05, 4.69) is 23.5 Å². The number of carbonyl (C=O) groups excluding carboxylic acids is 1. The molecule has 3 aromatic carbocycles. The highest BCUT2D eigenvalue weighted by atomic mass is 16.5. The maximum atomic E-state index is 12.1. The van der Waals surface area contributed by atoms with Crippen LogP contribution in [0.25, 0.3) is 10.8 Å². The van der Waals surface area contributed by atoms with Gasteiger partial charge in [0, 0.05) is 0 Å². The Bertz CT molecular complexity index is 944. The Hall–Kier alpha value is -3.32. The second-order valence-electron chi connectivity index (χ2n) is 5.79. The van der Waals surface area contributed by atoms with E-state index in [-0.39, 0.29) is 18.6 Å². The summed E-state index contributed by atoms with van der Waals surface area (Å²) >= 11 is 0. The number of amides is 1. The number of para-hydroxylation sites is 1. The van der Waals surface area contributed by atoms with Crippen LogP contribution in [0, 0.1) is 11.3 Å². The minimum Gasteiger partial charge on any atom is -0.482 e. The van der Waals surface area contributed by atoms with Gasteiger partial charge >= 0.3 is 0 Å². The first-order valence-corrected chi connectivity index (χ1v) is 8.07. The van der Waals surface area contributed by atoms with E-state index < -0.39 is 0 Å². The SMILES string of the molecule is CC(NC(=O)COc1ccccc1C#N)c1ccc2ccccc2c1. The Morgan fingerprint density at radius 1 is 1.08 bits per heavy atom. The van der Waals surface area contributed by atoms with Gasteiger partial charge in [-0.2, -0.15) is 5.26 Å². The van der Waals surface area contributed by atoms with Gasteiger partial charge in [-0.1, -0.05) is 48.5 Å². The molecule has 0 saturated heterocycles. The van der Waals surface area contributed by atoms with E-state index in [1.54, 1.807) is 24.3 Å². The van der Waals surface area contributed by atoms with Crippen LogP contribution in [0.15, 0.2) is 66.7 Å². The summed E-state index contributed by atoms with van der Waals surface area (Å²) in [7, 11) is 0. The van der Waals surface area contributed by atoms with Crippen molar-refractivity contribution in [3.05, 3.63) is 77.9 Å². The largest absolute Gasteiger partial charge is 0.482 e. The molecule has 0 aliphatic carbocycles. The average Bonchev–Trinajstić information content (AvgIpc) is 2.66. The fourth-order valence-corrected chi connectivity index (χ4v) is 2.67. The molecule has 1 amide bonds. The maximum absolute atomic E-state index is 12.1. The van der Waals surface area contributed by atoms with Crippen molar-refractivity contribution in [3.63, 3.8) is 0 Å². The average molecular weight is 330 g/mol. The fraction of sp³-hybridized carbons (Fsp3) is 0.143. The Kier molecular flexibility index (Phi) is 4.96. The predicted octanol–water partition coefficient (Wildman–Crippen LogP) is 3.97. The number of carbonyl (C=O) groups is 1. The summed E-state index contributed by atoms with van der Waals surface area (Å²) in [6.07, 6.45) is 0. The molecule has 0 aliphatic heterocycles. The van der Waals surface area contributed by atoms with Gasteiger partial charge in [0.1, 0.15) is 11.8 Å². The zero-order valence-corrected chi connectivity index (χ0v) is 13.9. The third-order valence-corrected chi connectivity index (χ3v) is 4.02. The number of rotatable bonds is 5. The standard InChI is InChI=1S/C21H18N2O2/c1-15(17-11-10-16-6-2-3-7-18(16)12-17)23-21(24)14-25-20-9-5-4-8-19(20)13-22/h2-12,15H,14H2,1H3,(H,23,24). The molecule has 4 heteroatoms. The van der Waals surface area contributed by atoms with E-state index >= 15 is 0 Å². The number of fused-ring (bicyclic) bond motifs is 1. The van der Waals surface area contributed by atoms with Crippen molar-refractivity contribution >= 4 is 16.7 Å². The highest BCUT2D eigenvalue weighted by Gasteiger charge is 2.11. The molecule has 0 bridgehead atoms. The van der Waals surface area contributed by atoms with Gasteiger partial charge in [-0.3, -0.25) is 4.79 Å². The first-order chi connectivity index (χ1) is 12.2. The van der Waals surface area contributed by atoms with Gasteiger partial charge < -0.3 is 10.1 Å². The molecule has 3 rings (SSSR count). The Labute approximate surface area is 146 Å². The summed E-state index contributed by atoms with van der Waals surface area (Å²) in [6, 6.07) is 23.0. The highest BCUT2D eigenvalue weighted by Crippen LogP contribution is 2.20. The fourth-order valence-electron chi connectivity index (χ4n) is 2.67. The van der Waals surface area contributed by atoms with Gasteiger partial charge in [-0.25, -0.2) is 0 Å². The molecular weight excluding hydrogens is 312 g/mol. The van der Waals surface area contributed by atoms with Crippen LogP contribution in [0.3, 0.4) is 0 Å². The van der Waals surface area contributed by atoms with Crippen molar-refractivity contribution in [1.29, 1.82) is 5.26 Å². The highest BCUT2D eigenvalue weighted by molar-refractivity contribution is 5.83. The molecule has 0 radical (unpaired) electrons. The summed E-state index contributed by atoms with van der Waals surface area (Å²) < 4.78 is 5.46. The summed E-state index contributed by atoms with van der Waals surface area (Å²) in [5, 5.41) is 14.3. The molecule has 0 aliphatic rings. The van der Waals surface area contributed by atoms with Crippen molar-refractivity contribution in [3.8, 4) is 11.8 Å². The van der Waals surface area contributed by atoms with E-state index in [1.165, 1.54) is 5.39 Å². The normalized spacial score (nSPS) is 11.5. The lowest BCUT2D eigenvalue weighted by molar-refractivity contribution is -0.123. The van der Waals surface area contributed by atoms with Gasteiger partial charge in [0.25, 0.3) is 5.91 Å². The zero-order valence-electron chi connectivity index (χ0n) is 13.9. The molecule has 0 heterocycles. The molecule has 0 saturated carbocycles. The summed E-state index contributed by atoms with van der Waals surface area (Å²) in [5.74, 6) is 0.187. The Morgan fingerprint density at radius 2 is 1.80 bits per heavy atom. The van der Waals surface area contributed by atoms with E-state index in [0.29, 0.717) is 11.3 Å². The van der Waals surface area contributed by atoms with E-state index in [0.717, 1.165) is 10.9 Å². The first-order valence-electron chi connectivity index (χ1n) is 8.07. The number of benzene rings is 3. The van der Waals surface area contributed by atoms with Crippen LogP contribution in [-0.2, 0) is 4.79 Å². The molecule has 0 spiro atoms. The van der Waals surface area contributed by atoms with Crippen LogP contribution < -0.4 is 10.1 Å². The molecule has 25 heavy (non-hydrogen) atoms. The molecule has 4 nitrogen and oxygen atoms in total. The molecule has 1 unspecified atom stereocenters. The van der Waals surface area contributed by atoms with Crippen molar-refractivity contribution < 1.29 is 9.53 Å². The quantitative estimate of drug-likeness (QED) is 0.770. The van der Waals surface area contributed by atoms with Gasteiger partial charge in [0.2, 0.25) is 0 Å². The lowest BCUT2D eigenvalue weighted by Crippen LogP contribution is -2.31. The molecule has 0 fully saturated rings. The van der Waals surface area contributed by atoms with Crippen molar-refractivity contribution in [1.82, 2.24) is 5.32 Å². The molecule has 3 aromatic rings. The molecule has 0 aromatic heterocycles. The summed E-state index contributed by atoms with van der Waals surface area (Å²) in [5.41, 5.74) is 1.45. The van der Waals surface area contributed by atoms with Crippen LogP contribution in [-0.4, -0.2) is 12.5 Å². The predicted molar refractivity (Wildman–Crippen MR) is 97.2 cm³/mol. The van der Waals surface area contributed by atoms with E-state index in [9.17, 15) is 4.79 Å². The van der Waals surface area contributed by atoms with Crippen LogP contribution >= 0.6 is 0 Å². The lowest BCUT2D eigenvalue weighted by atomic mass is 10.0. The third-order valence-electron chi connectivity index (χ3n) is 4.02. The maximum Gasteiger partial charge on any atom is 0.258 e.